The van der Waals surface area contributed by atoms with Gasteiger partial charge in [-0.15, -0.1) is 0 Å². The van der Waals surface area contributed by atoms with E-state index in [1.54, 1.807) is 12.3 Å². The van der Waals surface area contributed by atoms with E-state index in [1.807, 2.05) is 32.2 Å². The summed E-state index contributed by atoms with van der Waals surface area (Å²) in [5.41, 5.74) is 0.800. The van der Waals surface area contributed by atoms with Crippen molar-refractivity contribution in [3.05, 3.63) is 36.2 Å². The van der Waals surface area contributed by atoms with Crippen LogP contribution in [0.15, 0.2) is 34.9 Å². The van der Waals surface area contributed by atoms with Crippen molar-refractivity contribution in [3.63, 3.8) is 0 Å². The van der Waals surface area contributed by atoms with E-state index in [2.05, 4.69) is 10.3 Å². The first-order chi connectivity index (χ1) is 8.81. The topological polar surface area (TPSA) is 56.5 Å². The maximum Gasteiger partial charge on any atom is 0.399 e. The summed E-state index contributed by atoms with van der Waals surface area (Å²) in [7, 11) is 1.85. The van der Waals surface area contributed by atoms with Crippen LogP contribution in [-0.4, -0.2) is 18.6 Å². The van der Waals surface area contributed by atoms with Crippen molar-refractivity contribution in [1.29, 1.82) is 0 Å². The Kier molecular flexibility index (Phi) is 4.20. The standard InChI is InChI=1S/C13H16N2O3/c1-3-16-11-5-4-6-12(7-11)18-13-15-10(8-14-2)9-17-13/h4-7,9,14H,3,8H2,1-2H3. The average molecular weight is 248 g/mol. The number of benzene rings is 1. The molecule has 1 N–H and O–H groups in total. The smallest absolute Gasteiger partial charge is 0.399 e. The molecule has 1 heterocycles. The van der Waals surface area contributed by atoms with Gasteiger partial charge in [-0.2, -0.15) is 4.98 Å². The zero-order valence-electron chi connectivity index (χ0n) is 10.5. The van der Waals surface area contributed by atoms with E-state index < -0.39 is 0 Å². The van der Waals surface area contributed by atoms with Gasteiger partial charge < -0.3 is 19.2 Å². The van der Waals surface area contributed by atoms with Crippen molar-refractivity contribution in [3.8, 4) is 17.6 Å². The lowest BCUT2D eigenvalue weighted by Gasteiger charge is -2.04. The molecule has 0 aliphatic heterocycles. The zero-order valence-corrected chi connectivity index (χ0v) is 10.5. The summed E-state index contributed by atoms with van der Waals surface area (Å²) >= 11 is 0. The van der Waals surface area contributed by atoms with Crippen molar-refractivity contribution in [1.82, 2.24) is 10.3 Å². The molecule has 2 aromatic rings. The van der Waals surface area contributed by atoms with Crippen molar-refractivity contribution in [2.45, 2.75) is 13.5 Å². The molecular weight excluding hydrogens is 232 g/mol. The van der Waals surface area contributed by atoms with Gasteiger partial charge in [-0.1, -0.05) is 6.07 Å². The highest BCUT2D eigenvalue weighted by atomic mass is 16.6. The van der Waals surface area contributed by atoms with Crippen LogP contribution in [0.2, 0.25) is 0 Å². The second-order valence-electron chi connectivity index (χ2n) is 3.65. The fourth-order valence-electron chi connectivity index (χ4n) is 1.49. The second-order valence-corrected chi connectivity index (χ2v) is 3.65. The van der Waals surface area contributed by atoms with Gasteiger partial charge in [-0.25, -0.2) is 0 Å². The van der Waals surface area contributed by atoms with Crippen LogP contribution in [0.1, 0.15) is 12.6 Å². The van der Waals surface area contributed by atoms with Crippen molar-refractivity contribution < 1.29 is 13.9 Å². The Labute approximate surface area is 106 Å². The minimum atomic E-state index is 0.230. The molecule has 2 rings (SSSR count). The van der Waals surface area contributed by atoms with Crippen molar-refractivity contribution in [2.24, 2.45) is 0 Å². The number of hydrogen-bond donors (Lipinski definition) is 1. The van der Waals surface area contributed by atoms with Gasteiger partial charge in [0.1, 0.15) is 17.8 Å². The normalized spacial score (nSPS) is 10.3. The van der Waals surface area contributed by atoms with Gasteiger partial charge in [0.15, 0.2) is 0 Å². The first kappa shape index (κ1) is 12.4. The van der Waals surface area contributed by atoms with Crippen LogP contribution < -0.4 is 14.8 Å². The van der Waals surface area contributed by atoms with Gasteiger partial charge >= 0.3 is 6.08 Å². The fourth-order valence-corrected chi connectivity index (χ4v) is 1.49. The van der Waals surface area contributed by atoms with E-state index in [9.17, 15) is 0 Å². The molecule has 0 amide bonds. The van der Waals surface area contributed by atoms with E-state index >= 15 is 0 Å². The second kappa shape index (κ2) is 6.07. The summed E-state index contributed by atoms with van der Waals surface area (Å²) in [4.78, 5) is 4.18. The Balaban J connectivity index is 2.05. The van der Waals surface area contributed by atoms with Crippen LogP contribution in [0.25, 0.3) is 0 Å². The van der Waals surface area contributed by atoms with Gasteiger partial charge in [0, 0.05) is 12.6 Å². The molecule has 0 bridgehead atoms. The average Bonchev–Trinajstić information content (AvgIpc) is 2.78. The van der Waals surface area contributed by atoms with Crippen LogP contribution >= 0.6 is 0 Å². The largest absolute Gasteiger partial charge is 0.494 e. The third kappa shape index (κ3) is 3.24. The first-order valence-corrected chi connectivity index (χ1v) is 5.81. The molecule has 0 saturated heterocycles. The molecule has 0 aliphatic carbocycles. The molecule has 0 atom stereocenters. The Bertz CT molecular complexity index is 496. The Morgan fingerprint density at radius 2 is 2.17 bits per heavy atom. The maximum atomic E-state index is 5.51. The molecule has 0 spiro atoms. The van der Waals surface area contributed by atoms with E-state index in [-0.39, 0.29) is 6.08 Å². The summed E-state index contributed by atoms with van der Waals surface area (Å²) in [6, 6.07) is 7.35. The van der Waals surface area contributed by atoms with Crippen LogP contribution in [0.4, 0.5) is 0 Å². The highest BCUT2D eigenvalue weighted by Crippen LogP contribution is 2.24. The number of aromatic nitrogens is 1. The summed E-state index contributed by atoms with van der Waals surface area (Å²) in [5, 5.41) is 2.99. The highest BCUT2D eigenvalue weighted by Gasteiger charge is 2.06. The van der Waals surface area contributed by atoms with Crippen molar-refractivity contribution in [2.75, 3.05) is 13.7 Å². The number of ether oxygens (including phenoxy) is 2. The number of nitrogens with zero attached hydrogens (tertiary/aromatic N) is 1. The zero-order chi connectivity index (χ0) is 12.8. The lowest BCUT2D eigenvalue weighted by atomic mass is 10.3. The van der Waals surface area contributed by atoms with Gasteiger partial charge in [0.2, 0.25) is 0 Å². The number of nitrogens with one attached hydrogen (secondary N) is 1. The van der Waals surface area contributed by atoms with Crippen LogP contribution in [-0.2, 0) is 6.54 Å². The third-order valence-electron chi connectivity index (χ3n) is 2.21. The molecule has 1 aromatic heterocycles. The molecule has 0 radical (unpaired) electrons. The molecule has 1 aromatic carbocycles. The predicted molar refractivity (Wildman–Crippen MR) is 67.0 cm³/mol. The summed E-state index contributed by atoms with van der Waals surface area (Å²) < 4.78 is 16.1. The number of hydrogen-bond acceptors (Lipinski definition) is 5. The predicted octanol–water partition coefficient (Wildman–Crippen LogP) is 2.59. The highest BCUT2D eigenvalue weighted by molar-refractivity contribution is 5.34. The van der Waals surface area contributed by atoms with E-state index in [1.165, 1.54) is 0 Å². The van der Waals surface area contributed by atoms with E-state index in [0.29, 0.717) is 18.9 Å². The molecule has 0 aliphatic rings. The Hall–Kier alpha value is -2.01. The molecule has 5 nitrogen and oxygen atoms in total. The SMILES string of the molecule is CCOc1cccc(Oc2nc(CNC)co2)c1. The van der Waals surface area contributed by atoms with Crippen LogP contribution in [0, 0.1) is 0 Å². The van der Waals surface area contributed by atoms with Gasteiger partial charge in [0.05, 0.1) is 12.3 Å². The van der Waals surface area contributed by atoms with Crippen LogP contribution in [0.5, 0.6) is 17.6 Å². The molecule has 0 unspecified atom stereocenters. The summed E-state index contributed by atoms with van der Waals surface area (Å²) in [5.74, 6) is 1.40. The van der Waals surface area contributed by atoms with Gasteiger partial charge in [-0.3, -0.25) is 0 Å². The van der Waals surface area contributed by atoms with Gasteiger partial charge in [-0.05, 0) is 26.1 Å². The summed E-state index contributed by atoms with van der Waals surface area (Å²) in [6.07, 6.45) is 1.80. The lowest BCUT2D eigenvalue weighted by molar-refractivity contribution is 0.321. The monoisotopic (exact) mass is 248 g/mol. The number of rotatable bonds is 6. The fraction of sp³-hybridized carbons (Fsp3) is 0.308. The number of oxazole rings is 1. The quantitative estimate of drug-likeness (QED) is 0.851. The molecule has 96 valence electrons. The maximum absolute atomic E-state index is 5.51. The third-order valence-corrected chi connectivity index (χ3v) is 2.21. The Morgan fingerprint density at radius 1 is 1.33 bits per heavy atom. The van der Waals surface area contributed by atoms with Crippen molar-refractivity contribution >= 4 is 0 Å². The minimum absolute atomic E-state index is 0.230. The lowest BCUT2D eigenvalue weighted by Crippen LogP contribution is -2.04. The van der Waals surface area contributed by atoms with Gasteiger partial charge in [0.25, 0.3) is 0 Å². The van der Waals surface area contributed by atoms with Crippen LogP contribution in [0.3, 0.4) is 0 Å². The minimum Gasteiger partial charge on any atom is -0.494 e. The molecule has 18 heavy (non-hydrogen) atoms. The first-order valence-electron chi connectivity index (χ1n) is 5.81. The summed E-state index contributed by atoms with van der Waals surface area (Å²) in [6.45, 7) is 3.20. The molecule has 0 saturated carbocycles. The Morgan fingerprint density at radius 3 is 2.94 bits per heavy atom. The molecule has 0 fully saturated rings. The molecular formula is C13H16N2O3. The van der Waals surface area contributed by atoms with E-state index in [4.69, 9.17) is 13.9 Å². The molecule has 5 heteroatoms. The van der Waals surface area contributed by atoms with E-state index in [0.717, 1.165) is 11.4 Å².